The van der Waals surface area contributed by atoms with Gasteiger partial charge in [-0.05, 0) is 48.6 Å². The summed E-state index contributed by atoms with van der Waals surface area (Å²) in [6.07, 6.45) is 3.47. The van der Waals surface area contributed by atoms with Gasteiger partial charge in [-0.3, -0.25) is 4.98 Å². The van der Waals surface area contributed by atoms with Crippen molar-refractivity contribution in [2.75, 3.05) is 0 Å². The number of halogens is 1. The van der Waals surface area contributed by atoms with Crippen molar-refractivity contribution in [2.45, 2.75) is 0 Å². The molecule has 0 aliphatic rings. The lowest BCUT2D eigenvalue weighted by Gasteiger charge is -2.06. The molecule has 3 aromatic rings. The van der Waals surface area contributed by atoms with Crippen LogP contribution < -0.4 is 0 Å². The molecule has 0 aliphatic carbocycles. The van der Waals surface area contributed by atoms with Gasteiger partial charge in [-0.1, -0.05) is 0 Å². The lowest BCUT2D eigenvalue weighted by molar-refractivity contribution is 0.628. The maximum absolute atomic E-state index is 13.1. The first kappa shape index (κ1) is 12.7. The Morgan fingerprint density at radius 2 is 1.70 bits per heavy atom. The summed E-state index contributed by atoms with van der Waals surface area (Å²) < 4.78 is 15.6. The van der Waals surface area contributed by atoms with Crippen LogP contribution in [0.25, 0.3) is 22.5 Å². The zero-order valence-corrected chi connectivity index (χ0v) is 11.6. The molecule has 1 N–H and O–H groups in total. The molecular weight excluding hydrogens is 273 g/mol. The molecule has 0 aliphatic heterocycles. The minimum atomic E-state index is -0.256. The molecule has 0 fully saturated rings. The Kier molecular flexibility index (Phi) is 3.20. The second kappa shape index (κ2) is 5.02. The van der Waals surface area contributed by atoms with E-state index in [1.54, 1.807) is 24.5 Å². The molecule has 100 valence electrons. The van der Waals surface area contributed by atoms with E-state index >= 15 is 0 Å². The highest BCUT2D eigenvalue weighted by Crippen LogP contribution is 2.30. The summed E-state index contributed by atoms with van der Waals surface area (Å²) in [5.41, 5.74) is 3.74. The third-order valence-corrected chi connectivity index (χ3v) is 3.57. The number of rotatable bonds is 2. The fourth-order valence-corrected chi connectivity index (χ4v) is 2.39. The van der Waals surface area contributed by atoms with Crippen LogP contribution in [0, 0.1) is 10.6 Å². The predicted molar refractivity (Wildman–Crippen MR) is 79.2 cm³/mol. The van der Waals surface area contributed by atoms with Gasteiger partial charge in [0.15, 0.2) is 4.77 Å². The predicted octanol–water partition coefficient (Wildman–Crippen LogP) is 3.95. The third-order valence-electron chi connectivity index (χ3n) is 3.20. The molecular formula is C15H12FN3S. The number of nitrogens with one attached hydrogen (secondary N) is 1. The molecule has 0 spiro atoms. The topological polar surface area (TPSA) is 33.6 Å². The monoisotopic (exact) mass is 285 g/mol. The molecule has 3 nitrogen and oxygen atoms in total. The first-order valence-electron chi connectivity index (χ1n) is 6.12. The summed E-state index contributed by atoms with van der Waals surface area (Å²) in [7, 11) is 1.90. The lowest BCUT2D eigenvalue weighted by Crippen LogP contribution is -1.93. The fraction of sp³-hybridized carbons (Fsp3) is 0.0667. The quantitative estimate of drug-likeness (QED) is 0.723. The summed E-state index contributed by atoms with van der Waals surface area (Å²) in [6, 6.07) is 10.2. The fourth-order valence-electron chi connectivity index (χ4n) is 2.19. The zero-order chi connectivity index (χ0) is 14.1. The minimum absolute atomic E-state index is 0.256. The van der Waals surface area contributed by atoms with Gasteiger partial charge in [-0.25, -0.2) is 4.39 Å². The third kappa shape index (κ3) is 2.16. The molecule has 0 saturated carbocycles. The Morgan fingerprint density at radius 3 is 2.35 bits per heavy atom. The second-order valence-corrected chi connectivity index (χ2v) is 4.84. The highest BCUT2D eigenvalue weighted by molar-refractivity contribution is 7.71. The summed E-state index contributed by atoms with van der Waals surface area (Å²) in [4.78, 5) is 7.21. The highest BCUT2D eigenvalue weighted by Gasteiger charge is 2.13. The number of H-pyrrole nitrogens is 1. The molecule has 0 atom stereocenters. The van der Waals surface area contributed by atoms with Crippen LogP contribution in [0.15, 0.2) is 48.8 Å². The number of nitrogens with zero attached hydrogens (tertiary/aromatic N) is 2. The summed E-state index contributed by atoms with van der Waals surface area (Å²) >= 11 is 5.31. The molecule has 20 heavy (non-hydrogen) atoms. The number of aromatic amines is 1. The standard InChI is InChI=1S/C15H12FN3S/c1-19-14(11-6-8-17-9-7-11)13(18-15(19)20)10-2-4-12(16)5-3-10/h2-9H,1H3,(H,18,20). The van der Waals surface area contributed by atoms with Gasteiger partial charge in [0.1, 0.15) is 5.82 Å². The molecule has 0 radical (unpaired) electrons. The van der Waals surface area contributed by atoms with Crippen molar-refractivity contribution in [1.29, 1.82) is 0 Å². The number of imidazole rings is 1. The normalized spacial score (nSPS) is 10.7. The maximum Gasteiger partial charge on any atom is 0.177 e. The molecule has 1 aromatic carbocycles. The Morgan fingerprint density at radius 1 is 1.05 bits per heavy atom. The van der Waals surface area contributed by atoms with Crippen molar-refractivity contribution in [2.24, 2.45) is 7.05 Å². The van der Waals surface area contributed by atoms with E-state index in [2.05, 4.69) is 9.97 Å². The number of hydrogen-bond acceptors (Lipinski definition) is 2. The van der Waals surface area contributed by atoms with Crippen LogP contribution in [0.5, 0.6) is 0 Å². The van der Waals surface area contributed by atoms with Crippen LogP contribution in [0.1, 0.15) is 0 Å². The molecule has 0 unspecified atom stereocenters. The van der Waals surface area contributed by atoms with Crippen LogP contribution in [0.2, 0.25) is 0 Å². The first-order chi connectivity index (χ1) is 9.66. The minimum Gasteiger partial charge on any atom is -0.330 e. The van der Waals surface area contributed by atoms with Gasteiger partial charge in [0.05, 0.1) is 11.4 Å². The largest absolute Gasteiger partial charge is 0.330 e. The van der Waals surface area contributed by atoms with E-state index in [1.807, 2.05) is 23.7 Å². The smallest absolute Gasteiger partial charge is 0.177 e. The van der Waals surface area contributed by atoms with E-state index in [1.165, 1.54) is 12.1 Å². The number of pyridine rings is 1. The molecule has 3 rings (SSSR count). The Hall–Kier alpha value is -2.27. The maximum atomic E-state index is 13.1. The van der Waals surface area contributed by atoms with Crippen molar-refractivity contribution in [3.8, 4) is 22.5 Å². The Bertz CT molecular complexity index is 788. The number of aromatic nitrogens is 3. The van der Waals surface area contributed by atoms with E-state index < -0.39 is 0 Å². The van der Waals surface area contributed by atoms with Crippen LogP contribution >= 0.6 is 12.2 Å². The van der Waals surface area contributed by atoms with Gasteiger partial charge in [0.25, 0.3) is 0 Å². The lowest BCUT2D eigenvalue weighted by atomic mass is 10.1. The van der Waals surface area contributed by atoms with E-state index in [-0.39, 0.29) is 5.82 Å². The molecule has 0 amide bonds. The molecule has 5 heteroatoms. The molecule has 2 aromatic heterocycles. The summed E-state index contributed by atoms with van der Waals surface area (Å²) in [6.45, 7) is 0. The van der Waals surface area contributed by atoms with Crippen molar-refractivity contribution >= 4 is 12.2 Å². The summed E-state index contributed by atoms with van der Waals surface area (Å²) in [5.74, 6) is -0.256. The van der Waals surface area contributed by atoms with E-state index in [0.717, 1.165) is 22.5 Å². The first-order valence-corrected chi connectivity index (χ1v) is 6.53. The molecule has 0 bridgehead atoms. The van der Waals surface area contributed by atoms with Gasteiger partial charge in [-0.2, -0.15) is 0 Å². The Balaban J connectivity index is 2.25. The molecule has 0 saturated heterocycles. The van der Waals surface area contributed by atoms with Crippen LogP contribution in [0.3, 0.4) is 0 Å². The van der Waals surface area contributed by atoms with E-state index in [4.69, 9.17) is 12.2 Å². The van der Waals surface area contributed by atoms with Crippen molar-refractivity contribution in [3.05, 3.63) is 59.4 Å². The van der Waals surface area contributed by atoms with Gasteiger partial charge in [0, 0.05) is 30.6 Å². The second-order valence-electron chi connectivity index (χ2n) is 4.46. The average molecular weight is 285 g/mol. The van der Waals surface area contributed by atoms with Crippen molar-refractivity contribution < 1.29 is 4.39 Å². The zero-order valence-electron chi connectivity index (χ0n) is 10.8. The summed E-state index contributed by atoms with van der Waals surface area (Å²) in [5, 5.41) is 0. The van der Waals surface area contributed by atoms with Crippen LogP contribution in [-0.4, -0.2) is 14.5 Å². The van der Waals surface area contributed by atoms with Crippen molar-refractivity contribution in [1.82, 2.24) is 14.5 Å². The number of hydrogen-bond donors (Lipinski definition) is 1. The highest BCUT2D eigenvalue weighted by atomic mass is 32.1. The van der Waals surface area contributed by atoms with Crippen molar-refractivity contribution in [3.63, 3.8) is 0 Å². The van der Waals surface area contributed by atoms with Gasteiger partial charge in [-0.15, -0.1) is 0 Å². The Labute approximate surface area is 120 Å². The van der Waals surface area contributed by atoms with Gasteiger partial charge < -0.3 is 9.55 Å². The van der Waals surface area contributed by atoms with E-state index in [9.17, 15) is 4.39 Å². The molecule has 2 heterocycles. The van der Waals surface area contributed by atoms with E-state index in [0.29, 0.717) is 4.77 Å². The van der Waals surface area contributed by atoms with Crippen LogP contribution in [0.4, 0.5) is 4.39 Å². The average Bonchev–Trinajstić information content (AvgIpc) is 2.77. The van der Waals surface area contributed by atoms with Crippen LogP contribution in [-0.2, 0) is 7.05 Å². The number of benzene rings is 1. The SMILES string of the molecule is Cn1c(-c2ccncc2)c(-c2ccc(F)cc2)[nH]c1=S. The van der Waals surface area contributed by atoms with Gasteiger partial charge in [0.2, 0.25) is 0 Å². The van der Waals surface area contributed by atoms with Gasteiger partial charge >= 0.3 is 0 Å².